The molecule has 1 aliphatic carbocycles. The molecule has 1 aromatic carbocycles. The number of carbonyl (C=O) groups is 1. The van der Waals surface area contributed by atoms with E-state index in [1.165, 1.54) is 4.90 Å². The molecule has 0 spiro atoms. The van der Waals surface area contributed by atoms with Crippen molar-refractivity contribution in [3.8, 4) is 0 Å². The Bertz CT molecular complexity index is 627. The van der Waals surface area contributed by atoms with Gasteiger partial charge in [-0.05, 0) is 25.0 Å². The van der Waals surface area contributed by atoms with Crippen LogP contribution in [0.25, 0.3) is 0 Å². The zero-order valence-corrected chi connectivity index (χ0v) is 17.2. The first kappa shape index (κ1) is 20.0. The second-order valence-electron chi connectivity index (χ2n) is 7.27. The number of nitrogens with zero attached hydrogens (tertiary/aromatic N) is 3. The summed E-state index contributed by atoms with van der Waals surface area (Å²) in [6, 6.07) is 10.9. The van der Waals surface area contributed by atoms with Crippen LogP contribution in [0.15, 0.2) is 40.2 Å². The third-order valence-electron chi connectivity index (χ3n) is 4.82. The second-order valence-corrected chi connectivity index (χ2v) is 8.79. The van der Waals surface area contributed by atoms with Gasteiger partial charge in [-0.1, -0.05) is 25.1 Å². The number of thioether (sulfide) groups is 1. The molecule has 2 fully saturated rings. The highest BCUT2D eigenvalue weighted by Gasteiger charge is 2.26. The van der Waals surface area contributed by atoms with Crippen LogP contribution in [0.4, 0.5) is 0 Å². The Morgan fingerprint density at radius 1 is 1.22 bits per heavy atom. The number of amides is 1. The number of benzene rings is 1. The summed E-state index contributed by atoms with van der Waals surface area (Å²) in [6.07, 6.45) is 2.28. The maximum absolute atomic E-state index is 12.0. The monoisotopic (exact) mass is 389 g/mol. The molecule has 148 valence electrons. The summed E-state index contributed by atoms with van der Waals surface area (Å²) >= 11 is 1.87. The van der Waals surface area contributed by atoms with Crippen LogP contribution in [0.1, 0.15) is 19.8 Å². The summed E-state index contributed by atoms with van der Waals surface area (Å²) in [6.45, 7) is 7.21. The lowest BCUT2D eigenvalue weighted by Crippen LogP contribution is -2.54. The van der Waals surface area contributed by atoms with Gasteiger partial charge in [-0.25, -0.2) is 0 Å². The van der Waals surface area contributed by atoms with Crippen LogP contribution in [-0.2, 0) is 4.79 Å². The molecule has 1 unspecified atom stereocenters. The quantitative estimate of drug-likeness (QED) is 0.422. The van der Waals surface area contributed by atoms with Crippen molar-refractivity contribution < 1.29 is 4.79 Å². The predicted octanol–water partition coefficient (Wildman–Crippen LogP) is 1.64. The van der Waals surface area contributed by atoms with E-state index < -0.39 is 0 Å². The molecular formula is C20H31N5OS. The van der Waals surface area contributed by atoms with Gasteiger partial charge < -0.3 is 15.5 Å². The molecule has 3 rings (SSSR count). The van der Waals surface area contributed by atoms with Crippen LogP contribution in [-0.4, -0.2) is 79.3 Å². The number of aliphatic imine (C=N–C) groups is 1. The summed E-state index contributed by atoms with van der Waals surface area (Å²) in [4.78, 5) is 22.2. The van der Waals surface area contributed by atoms with Crippen molar-refractivity contribution in [2.75, 3.05) is 46.3 Å². The summed E-state index contributed by atoms with van der Waals surface area (Å²) in [5.41, 5.74) is 0. The van der Waals surface area contributed by atoms with Gasteiger partial charge in [-0.3, -0.25) is 14.7 Å². The maximum Gasteiger partial charge on any atom is 0.234 e. The normalized spacial score (nSPS) is 19.6. The van der Waals surface area contributed by atoms with E-state index in [4.69, 9.17) is 0 Å². The van der Waals surface area contributed by atoms with Gasteiger partial charge >= 0.3 is 0 Å². The summed E-state index contributed by atoms with van der Waals surface area (Å²) in [5, 5.41) is 7.03. The lowest BCUT2D eigenvalue weighted by Gasteiger charge is -2.36. The van der Waals surface area contributed by atoms with E-state index in [9.17, 15) is 4.79 Å². The molecule has 1 aromatic rings. The fourth-order valence-electron chi connectivity index (χ4n) is 3.16. The topological polar surface area (TPSA) is 60.0 Å². The Kier molecular flexibility index (Phi) is 7.41. The molecule has 6 nitrogen and oxygen atoms in total. The van der Waals surface area contributed by atoms with Crippen LogP contribution in [0.2, 0.25) is 0 Å². The molecule has 7 heteroatoms. The van der Waals surface area contributed by atoms with Crippen LogP contribution in [0.5, 0.6) is 0 Å². The second kappa shape index (κ2) is 9.99. The largest absolute Gasteiger partial charge is 0.355 e. The Morgan fingerprint density at radius 3 is 2.56 bits per heavy atom. The van der Waals surface area contributed by atoms with Gasteiger partial charge in [0, 0.05) is 56.0 Å². The number of hydrogen-bond acceptors (Lipinski definition) is 4. The first-order chi connectivity index (χ1) is 13.1. The Labute approximate surface area is 166 Å². The van der Waals surface area contributed by atoms with Crippen LogP contribution < -0.4 is 10.6 Å². The molecule has 27 heavy (non-hydrogen) atoms. The van der Waals surface area contributed by atoms with E-state index in [2.05, 4.69) is 56.6 Å². The molecule has 1 aliphatic heterocycles. The molecule has 1 heterocycles. The first-order valence-corrected chi connectivity index (χ1v) is 10.7. The molecule has 0 radical (unpaired) electrons. The van der Waals surface area contributed by atoms with Crippen molar-refractivity contribution in [1.29, 1.82) is 0 Å². The number of carbonyl (C=O) groups excluding carboxylic acids is 1. The summed E-state index contributed by atoms with van der Waals surface area (Å²) in [7, 11) is 1.84. The average Bonchev–Trinajstić information content (AvgIpc) is 3.48. The fourth-order valence-corrected chi connectivity index (χ4v) is 4.11. The minimum absolute atomic E-state index is 0.167. The summed E-state index contributed by atoms with van der Waals surface area (Å²) < 4.78 is 0. The van der Waals surface area contributed by atoms with E-state index in [1.807, 2.05) is 24.9 Å². The van der Waals surface area contributed by atoms with Gasteiger partial charge in [-0.15, -0.1) is 11.8 Å². The molecule has 0 bridgehead atoms. The number of hydrogen-bond donors (Lipinski definition) is 2. The SMILES string of the molecule is CN=C(NCC(C)Sc1ccccc1)N1CCN(CC(=O)NC2CC2)CC1. The molecule has 1 saturated heterocycles. The minimum Gasteiger partial charge on any atom is -0.355 e. The van der Waals surface area contributed by atoms with E-state index in [0.717, 1.165) is 51.5 Å². The van der Waals surface area contributed by atoms with E-state index in [-0.39, 0.29) is 5.91 Å². The lowest BCUT2D eigenvalue weighted by atomic mass is 10.3. The smallest absolute Gasteiger partial charge is 0.234 e. The van der Waals surface area contributed by atoms with Crippen molar-refractivity contribution in [3.05, 3.63) is 30.3 Å². The predicted molar refractivity (Wildman–Crippen MR) is 112 cm³/mol. The van der Waals surface area contributed by atoms with Crippen molar-refractivity contribution in [3.63, 3.8) is 0 Å². The Balaban J connectivity index is 1.37. The molecule has 1 amide bonds. The van der Waals surface area contributed by atoms with Gasteiger partial charge in [0.25, 0.3) is 0 Å². The minimum atomic E-state index is 0.167. The molecule has 1 saturated carbocycles. The Morgan fingerprint density at radius 2 is 1.93 bits per heavy atom. The average molecular weight is 390 g/mol. The highest BCUT2D eigenvalue weighted by molar-refractivity contribution is 8.00. The van der Waals surface area contributed by atoms with E-state index in [0.29, 0.717) is 17.8 Å². The van der Waals surface area contributed by atoms with E-state index in [1.54, 1.807) is 0 Å². The first-order valence-electron chi connectivity index (χ1n) is 9.83. The Hall–Kier alpha value is -1.73. The number of nitrogens with one attached hydrogen (secondary N) is 2. The number of rotatable bonds is 7. The molecule has 1 atom stereocenters. The lowest BCUT2D eigenvalue weighted by molar-refractivity contribution is -0.122. The van der Waals surface area contributed by atoms with Gasteiger partial charge in [0.15, 0.2) is 5.96 Å². The van der Waals surface area contributed by atoms with Gasteiger partial charge in [0.1, 0.15) is 0 Å². The highest BCUT2D eigenvalue weighted by atomic mass is 32.2. The van der Waals surface area contributed by atoms with E-state index >= 15 is 0 Å². The van der Waals surface area contributed by atoms with Gasteiger partial charge in [0.2, 0.25) is 5.91 Å². The zero-order valence-electron chi connectivity index (χ0n) is 16.4. The van der Waals surface area contributed by atoms with Crippen LogP contribution in [0, 0.1) is 0 Å². The van der Waals surface area contributed by atoms with Crippen LogP contribution in [0.3, 0.4) is 0 Å². The molecular weight excluding hydrogens is 358 g/mol. The fraction of sp³-hybridized carbons (Fsp3) is 0.600. The summed E-state index contributed by atoms with van der Waals surface area (Å²) in [5.74, 6) is 1.12. The van der Waals surface area contributed by atoms with Crippen molar-refractivity contribution in [2.45, 2.75) is 36.0 Å². The van der Waals surface area contributed by atoms with Crippen LogP contribution >= 0.6 is 11.8 Å². The maximum atomic E-state index is 12.0. The zero-order chi connectivity index (χ0) is 19.1. The van der Waals surface area contributed by atoms with Gasteiger partial charge in [0.05, 0.1) is 6.54 Å². The molecule has 2 aliphatic rings. The van der Waals surface area contributed by atoms with Crippen molar-refractivity contribution >= 4 is 23.6 Å². The highest BCUT2D eigenvalue weighted by Crippen LogP contribution is 2.22. The van der Waals surface area contributed by atoms with Crippen molar-refractivity contribution in [2.24, 2.45) is 4.99 Å². The number of piperazine rings is 1. The third-order valence-corrected chi connectivity index (χ3v) is 5.93. The molecule has 0 aromatic heterocycles. The van der Waals surface area contributed by atoms with Gasteiger partial charge in [-0.2, -0.15) is 0 Å². The van der Waals surface area contributed by atoms with Crippen molar-refractivity contribution in [1.82, 2.24) is 20.4 Å². The molecule has 2 N–H and O–H groups in total. The standard InChI is InChI=1S/C20H31N5OS/c1-16(27-18-6-4-3-5-7-18)14-22-20(21-2)25-12-10-24(11-13-25)15-19(26)23-17-8-9-17/h3-7,16-17H,8-15H2,1-2H3,(H,21,22)(H,23,26). The number of guanidine groups is 1. The third kappa shape index (κ3) is 6.74.